The van der Waals surface area contributed by atoms with Crippen molar-refractivity contribution < 1.29 is 9.53 Å². The molecule has 2 aromatic heterocycles. The Hall–Kier alpha value is -1.73. The minimum absolute atomic E-state index is 0.0934. The second kappa shape index (κ2) is 5.72. The lowest BCUT2D eigenvalue weighted by molar-refractivity contribution is -0.120. The highest BCUT2D eigenvalue weighted by molar-refractivity contribution is 7.18. The summed E-state index contributed by atoms with van der Waals surface area (Å²) in [6.45, 7) is 5.01. The van der Waals surface area contributed by atoms with E-state index in [1.54, 1.807) is 17.7 Å². The molecule has 2 aromatic rings. The summed E-state index contributed by atoms with van der Waals surface area (Å²) in [6.07, 6.45) is 3.93. The summed E-state index contributed by atoms with van der Waals surface area (Å²) in [7, 11) is 0. The summed E-state index contributed by atoms with van der Waals surface area (Å²) in [4.78, 5) is 22.8. The van der Waals surface area contributed by atoms with Gasteiger partial charge in [0.05, 0.1) is 22.4 Å². The molecule has 1 spiro atoms. The number of aryl methyl sites for hydroxylation is 1. The molecule has 0 unspecified atom stereocenters. The fraction of sp³-hybridized carbons (Fsp3) is 0.562. The van der Waals surface area contributed by atoms with Crippen molar-refractivity contribution in [2.75, 3.05) is 31.1 Å². The first-order valence-corrected chi connectivity index (χ1v) is 8.89. The highest BCUT2D eigenvalue weighted by atomic mass is 32.1. The molecule has 2 aliphatic heterocycles. The first kappa shape index (κ1) is 14.8. The quantitative estimate of drug-likeness (QED) is 0.863. The Bertz CT molecular complexity index is 737. The summed E-state index contributed by atoms with van der Waals surface area (Å²) >= 11 is 1.71. The van der Waals surface area contributed by atoms with Crippen LogP contribution in [0, 0.1) is 6.92 Å². The van der Waals surface area contributed by atoms with Crippen LogP contribution in [0.15, 0.2) is 11.7 Å². The van der Waals surface area contributed by atoms with E-state index in [2.05, 4.69) is 32.5 Å². The summed E-state index contributed by atoms with van der Waals surface area (Å²) in [5, 5.41) is 5.12. The second-order valence-corrected chi connectivity index (χ2v) is 7.22. The molecule has 0 atom stereocenters. The van der Waals surface area contributed by atoms with Gasteiger partial charge in [0.15, 0.2) is 0 Å². The first-order valence-electron chi connectivity index (χ1n) is 8.01. The molecular weight excluding hydrogens is 312 g/mol. The summed E-state index contributed by atoms with van der Waals surface area (Å²) in [5.74, 6) is 1.12. The van der Waals surface area contributed by atoms with E-state index in [0.29, 0.717) is 19.6 Å². The van der Waals surface area contributed by atoms with Gasteiger partial charge in [-0.1, -0.05) is 0 Å². The molecule has 23 heavy (non-hydrogen) atoms. The van der Waals surface area contributed by atoms with Gasteiger partial charge < -0.3 is 15.0 Å². The van der Waals surface area contributed by atoms with Crippen LogP contribution in [-0.4, -0.2) is 47.7 Å². The van der Waals surface area contributed by atoms with E-state index in [4.69, 9.17) is 4.74 Å². The number of hydrogen-bond donors (Lipinski definition) is 1. The lowest BCUT2D eigenvalue weighted by Crippen LogP contribution is -2.51. The van der Waals surface area contributed by atoms with Crippen molar-refractivity contribution >= 4 is 33.3 Å². The molecule has 0 aliphatic carbocycles. The molecule has 1 N–H and O–H groups in total. The smallest absolute Gasteiger partial charge is 0.222 e. The Morgan fingerprint density at radius 3 is 3.00 bits per heavy atom. The van der Waals surface area contributed by atoms with Gasteiger partial charge >= 0.3 is 0 Å². The summed E-state index contributed by atoms with van der Waals surface area (Å²) in [5.41, 5.74) is 2.05. The number of nitrogens with one attached hydrogen (secondary N) is 1. The molecule has 122 valence electrons. The van der Waals surface area contributed by atoms with Gasteiger partial charge in [-0.05, 0) is 30.7 Å². The maximum atomic E-state index is 11.5. The van der Waals surface area contributed by atoms with E-state index in [-0.39, 0.29) is 11.5 Å². The van der Waals surface area contributed by atoms with Crippen LogP contribution in [0.3, 0.4) is 0 Å². The van der Waals surface area contributed by atoms with Gasteiger partial charge in [0.1, 0.15) is 12.1 Å². The van der Waals surface area contributed by atoms with Gasteiger partial charge in [-0.15, -0.1) is 11.3 Å². The van der Waals surface area contributed by atoms with Gasteiger partial charge in [-0.2, -0.15) is 0 Å². The van der Waals surface area contributed by atoms with E-state index in [9.17, 15) is 4.79 Å². The number of hydrogen-bond acceptors (Lipinski definition) is 6. The molecule has 2 saturated heterocycles. The van der Waals surface area contributed by atoms with E-state index in [0.717, 1.165) is 42.0 Å². The number of anilines is 1. The number of carbonyl (C=O) groups excluding carboxylic acids is 1. The molecule has 0 aromatic carbocycles. The van der Waals surface area contributed by atoms with Crippen molar-refractivity contribution in [3.8, 4) is 0 Å². The van der Waals surface area contributed by atoms with Gasteiger partial charge in [0.2, 0.25) is 5.91 Å². The fourth-order valence-corrected chi connectivity index (χ4v) is 4.41. The first-order chi connectivity index (χ1) is 11.2. The normalized spacial score (nSPS) is 21.4. The fourth-order valence-electron chi connectivity index (χ4n) is 3.39. The number of fused-ring (bicyclic) bond motifs is 1. The van der Waals surface area contributed by atoms with Crippen molar-refractivity contribution in [3.05, 3.63) is 17.3 Å². The van der Waals surface area contributed by atoms with Crippen molar-refractivity contribution in [1.82, 2.24) is 15.3 Å². The number of rotatable bonds is 1. The SMILES string of the molecule is Cc1csc2c(N3CCC4(CC3)CNC(=O)CCO4)ncnc12. The van der Waals surface area contributed by atoms with Gasteiger partial charge in [-0.3, -0.25) is 4.79 Å². The Morgan fingerprint density at radius 2 is 2.17 bits per heavy atom. The van der Waals surface area contributed by atoms with Crippen LogP contribution < -0.4 is 10.2 Å². The molecule has 1 amide bonds. The van der Waals surface area contributed by atoms with Gasteiger partial charge in [0, 0.05) is 26.1 Å². The van der Waals surface area contributed by atoms with Crippen LogP contribution in [-0.2, 0) is 9.53 Å². The van der Waals surface area contributed by atoms with Gasteiger partial charge in [0.25, 0.3) is 0 Å². The van der Waals surface area contributed by atoms with Crippen LogP contribution >= 0.6 is 11.3 Å². The van der Waals surface area contributed by atoms with Crippen molar-refractivity contribution in [2.45, 2.75) is 31.8 Å². The van der Waals surface area contributed by atoms with E-state index < -0.39 is 0 Å². The Morgan fingerprint density at radius 1 is 1.35 bits per heavy atom. The lowest BCUT2D eigenvalue weighted by Gasteiger charge is -2.41. The average Bonchev–Trinajstić information content (AvgIpc) is 2.86. The predicted octanol–water partition coefficient (Wildman–Crippen LogP) is 1.88. The third-order valence-electron chi connectivity index (χ3n) is 4.83. The number of nitrogens with zero attached hydrogens (tertiary/aromatic N) is 3. The third-order valence-corrected chi connectivity index (χ3v) is 5.91. The third kappa shape index (κ3) is 2.68. The molecule has 4 heterocycles. The molecule has 4 rings (SSSR count). The van der Waals surface area contributed by atoms with Crippen molar-refractivity contribution in [3.63, 3.8) is 0 Å². The number of piperidine rings is 1. The molecule has 0 radical (unpaired) electrons. The van der Waals surface area contributed by atoms with Crippen LogP contribution in [0.2, 0.25) is 0 Å². The van der Waals surface area contributed by atoms with Crippen LogP contribution in [0.1, 0.15) is 24.8 Å². The zero-order chi connectivity index (χ0) is 15.9. The van der Waals surface area contributed by atoms with Crippen LogP contribution in [0.4, 0.5) is 5.82 Å². The maximum Gasteiger partial charge on any atom is 0.222 e. The van der Waals surface area contributed by atoms with Crippen molar-refractivity contribution in [1.29, 1.82) is 0 Å². The molecule has 0 saturated carbocycles. The number of amides is 1. The molecule has 6 nitrogen and oxygen atoms in total. The van der Waals surface area contributed by atoms with E-state index in [1.807, 2.05) is 0 Å². The Balaban J connectivity index is 1.54. The second-order valence-electron chi connectivity index (χ2n) is 6.34. The number of ether oxygens (including phenoxy) is 1. The Kier molecular flexibility index (Phi) is 3.69. The molecule has 7 heteroatoms. The molecule has 2 aliphatic rings. The topological polar surface area (TPSA) is 67.4 Å². The molecular formula is C16H20N4O2S. The van der Waals surface area contributed by atoms with Crippen molar-refractivity contribution in [2.24, 2.45) is 0 Å². The summed E-state index contributed by atoms with van der Waals surface area (Å²) < 4.78 is 7.20. The predicted molar refractivity (Wildman–Crippen MR) is 89.9 cm³/mol. The molecule has 2 fully saturated rings. The highest BCUT2D eigenvalue weighted by Gasteiger charge is 2.38. The van der Waals surface area contributed by atoms with Crippen LogP contribution in [0.25, 0.3) is 10.2 Å². The molecule has 0 bridgehead atoms. The lowest BCUT2D eigenvalue weighted by atomic mass is 9.91. The zero-order valence-corrected chi connectivity index (χ0v) is 14.0. The number of carbonyl (C=O) groups is 1. The zero-order valence-electron chi connectivity index (χ0n) is 13.2. The minimum atomic E-state index is -0.208. The Labute approximate surface area is 138 Å². The highest BCUT2D eigenvalue weighted by Crippen LogP contribution is 2.35. The number of aromatic nitrogens is 2. The average molecular weight is 332 g/mol. The summed E-state index contributed by atoms with van der Waals surface area (Å²) in [6, 6.07) is 0. The number of thiophene rings is 1. The largest absolute Gasteiger partial charge is 0.372 e. The standard InChI is InChI=1S/C16H20N4O2S/c1-11-8-23-14-13(11)18-10-19-15(14)20-5-3-16(4-6-20)9-17-12(21)2-7-22-16/h8,10H,2-7,9H2,1H3,(H,17,21). The van der Waals surface area contributed by atoms with Gasteiger partial charge in [-0.25, -0.2) is 9.97 Å². The van der Waals surface area contributed by atoms with Crippen LogP contribution in [0.5, 0.6) is 0 Å². The maximum absolute atomic E-state index is 11.5. The van der Waals surface area contributed by atoms with E-state index in [1.165, 1.54) is 5.56 Å². The van der Waals surface area contributed by atoms with E-state index >= 15 is 0 Å². The monoisotopic (exact) mass is 332 g/mol. The minimum Gasteiger partial charge on any atom is -0.372 e.